The fraction of sp³-hybridized carbons (Fsp3) is 0.391. The number of ether oxygens (including phenoxy) is 1. The molecule has 0 aliphatic heterocycles. The van der Waals surface area contributed by atoms with Crippen LogP contribution in [0.15, 0.2) is 46.9 Å². The molecule has 0 aromatic heterocycles. The highest BCUT2D eigenvalue weighted by Crippen LogP contribution is 2.28. The lowest BCUT2D eigenvalue weighted by Gasteiger charge is -2.29. The van der Waals surface area contributed by atoms with Gasteiger partial charge in [0.25, 0.3) is 5.91 Å². The maximum Gasteiger partial charge on any atom is 0.261 e. The van der Waals surface area contributed by atoms with Gasteiger partial charge in [-0.05, 0) is 60.0 Å². The standard InChI is InChI=1S/C23H28BrClN2O3/c1-4-5-12-26-23(29)17(3)27(14-18-8-6-16(2)7-9-18)22(28)15-30-21-11-10-19(25)13-20(21)24/h6-11,13,17H,4-5,12,14-15H2,1-3H3,(H,26,29)/t17-/m0/s1. The van der Waals surface area contributed by atoms with Gasteiger partial charge in [0.1, 0.15) is 11.8 Å². The number of amides is 2. The van der Waals surface area contributed by atoms with Crippen molar-refractivity contribution >= 4 is 39.3 Å². The minimum Gasteiger partial charge on any atom is -0.483 e. The van der Waals surface area contributed by atoms with Crippen LogP contribution in [-0.2, 0) is 16.1 Å². The summed E-state index contributed by atoms with van der Waals surface area (Å²) in [5, 5.41) is 3.48. The molecule has 162 valence electrons. The van der Waals surface area contributed by atoms with Crippen LogP contribution in [0.2, 0.25) is 5.02 Å². The Labute approximate surface area is 191 Å². The molecule has 1 atom stereocenters. The van der Waals surface area contributed by atoms with Crippen molar-refractivity contribution in [1.82, 2.24) is 10.2 Å². The molecule has 2 aromatic carbocycles. The summed E-state index contributed by atoms with van der Waals surface area (Å²) in [5.74, 6) is 0.0789. The third-order valence-electron chi connectivity index (χ3n) is 4.72. The zero-order valence-corrected chi connectivity index (χ0v) is 19.9. The highest BCUT2D eigenvalue weighted by atomic mass is 79.9. The monoisotopic (exact) mass is 494 g/mol. The third-order valence-corrected chi connectivity index (χ3v) is 5.57. The van der Waals surface area contributed by atoms with E-state index in [-0.39, 0.29) is 18.4 Å². The summed E-state index contributed by atoms with van der Waals surface area (Å²) >= 11 is 9.34. The molecule has 2 rings (SSSR count). The lowest BCUT2D eigenvalue weighted by molar-refractivity contribution is -0.142. The fourth-order valence-corrected chi connectivity index (χ4v) is 3.62. The minimum atomic E-state index is -0.618. The lowest BCUT2D eigenvalue weighted by atomic mass is 10.1. The molecule has 5 nitrogen and oxygen atoms in total. The second-order valence-electron chi connectivity index (χ2n) is 7.19. The summed E-state index contributed by atoms with van der Waals surface area (Å²) in [6.07, 6.45) is 1.89. The van der Waals surface area contributed by atoms with E-state index in [9.17, 15) is 9.59 Å². The van der Waals surface area contributed by atoms with Crippen LogP contribution in [0.25, 0.3) is 0 Å². The number of nitrogens with zero attached hydrogens (tertiary/aromatic N) is 1. The first-order valence-corrected chi connectivity index (χ1v) is 11.2. The number of hydrogen-bond donors (Lipinski definition) is 1. The van der Waals surface area contributed by atoms with Crippen molar-refractivity contribution in [2.24, 2.45) is 0 Å². The number of carbonyl (C=O) groups excluding carboxylic acids is 2. The van der Waals surface area contributed by atoms with E-state index in [1.165, 1.54) is 0 Å². The number of aryl methyl sites for hydroxylation is 1. The average Bonchev–Trinajstić information content (AvgIpc) is 2.72. The van der Waals surface area contributed by atoms with E-state index >= 15 is 0 Å². The van der Waals surface area contributed by atoms with Crippen molar-refractivity contribution < 1.29 is 14.3 Å². The van der Waals surface area contributed by atoms with Crippen LogP contribution in [-0.4, -0.2) is 35.9 Å². The summed E-state index contributed by atoms with van der Waals surface area (Å²) < 4.78 is 6.36. The quantitative estimate of drug-likeness (QED) is 0.465. The van der Waals surface area contributed by atoms with E-state index in [1.54, 1.807) is 30.0 Å². The van der Waals surface area contributed by atoms with Gasteiger partial charge in [0, 0.05) is 18.1 Å². The lowest BCUT2D eigenvalue weighted by Crippen LogP contribution is -2.49. The second-order valence-corrected chi connectivity index (χ2v) is 8.48. The van der Waals surface area contributed by atoms with Crippen LogP contribution in [0.4, 0.5) is 0 Å². The van der Waals surface area contributed by atoms with E-state index in [1.807, 2.05) is 31.2 Å². The molecule has 0 saturated carbocycles. The van der Waals surface area contributed by atoms with Crippen molar-refractivity contribution in [3.05, 3.63) is 63.1 Å². The molecule has 0 aliphatic carbocycles. The van der Waals surface area contributed by atoms with Crippen LogP contribution in [0.3, 0.4) is 0 Å². The van der Waals surface area contributed by atoms with Crippen LogP contribution in [0.5, 0.6) is 5.75 Å². The number of nitrogens with one attached hydrogen (secondary N) is 1. The number of hydrogen-bond acceptors (Lipinski definition) is 3. The van der Waals surface area contributed by atoms with Crippen LogP contribution < -0.4 is 10.1 Å². The van der Waals surface area contributed by atoms with Crippen molar-refractivity contribution in [2.75, 3.05) is 13.2 Å². The first-order valence-electron chi connectivity index (χ1n) is 10.0. The Morgan fingerprint density at radius 2 is 1.90 bits per heavy atom. The Kier molecular flexibility index (Phi) is 9.66. The Bertz CT molecular complexity index is 858. The molecule has 30 heavy (non-hydrogen) atoms. The Hall–Kier alpha value is -2.05. The molecule has 0 aliphatic rings. The van der Waals surface area contributed by atoms with Crippen molar-refractivity contribution in [2.45, 2.75) is 46.2 Å². The van der Waals surface area contributed by atoms with Crippen molar-refractivity contribution in [1.29, 1.82) is 0 Å². The number of carbonyl (C=O) groups is 2. The molecule has 0 spiro atoms. The Balaban J connectivity index is 2.12. The summed E-state index contributed by atoms with van der Waals surface area (Å²) in [6, 6.07) is 12.4. The van der Waals surface area contributed by atoms with Gasteiger partial charge in [0.05, 0.1) is 4.47 Å². The maximum atomic E-state index is 13.0. The van der Waals surface area contributed by atoms with E-state index in [0.29, 0.717) is 28.3 Å². The van der Waals surface area contributed by atoms with Gasteiger partial charge in [-0.3, -0.25) is 9.59 Å². The van der Waals surface area contributed by atoms with Gasteiger partial charge in [0.15, 0.2) is 6.61 Å². The SMILES string of the molecule is CCCCNC(=O)[C@H](C)N(Cc1ccc(C)cc1)C(=O)COc1ccc(Cl)cc1Br. The number of unbranched alkanes of at least 4 members (excludes halogenated alkanes) is 1. The summed E-state index contributed by atoms with van der Waals surface area (Å²) in [4.78, 5) is 27.2. The first kappa shape index (κ1) is 24.2. The van der Waals surface area contributed by atoms with Gasteiger partial charge in [-0.25, -0.2) is 0 Å². The molecule has 0 saturated heterocycles. The van der Waals surface area contributed by atoms with Crippen molar-refractivity contribution in [3.8, 4) is 5.75 Å². The molecular formula is C23H28BrClN2O3. The normalized spacial score (nSPS) is 11.6. The topological polar surface area (TPSA) is 58.6 Å². The molecule has 2 amide bonds. The van der Waals surface area contributed by atoms with Crippen molar-refractivity contribution in [3.63, 3.8) is 0 Å². The van der Waals surface area contributed by atoms with Gasteiger partial charge < -0.3 is 15.0 Å². The largest absolute Gasteiger partial charge is 0.483 e. The molecule has 0 fully saturated rings. The molecule has 0 unspecified atom stereocenters. The zero-order valence-electron chi connectivity index (χ0n) is 17.6. The summed E-state index contributed by atoms with van der Waals surface area (Å²) in [5.41, 5.74) is 2.09. The summed E-state index contributed by atoms with van der Waals surface area (Å²) in [7, 11) is 0. The van der Waals surface area contributed by atoms with E-state index in [2.05, 4.69) is 28.2 Å². The van der Waals surface area contributed by atoms with Gasteiger partial charge in [-0.1, -0.05) is 54.8 Å². The molecule has 0 bridgehead atoms. The molecule has 0 radical (unpaired) electrons. The molecule has 1 N–H and O–H groups in total. The predicted octanol–water partition coefficient (Wildman–Crippen LogP) is 5.12. The molecular weight excluding hydrogens is 468 g/mol. The maximum absolute atomic E-state index is 13.0. The number of rotatable bonds is 10. The van der Waals surface area contributed by atoms with Gasteiger partial charge >= 0.3 is 0 Å². The number of halogens is 2. The Morgan fingerprint density at radius 3 is 2.53 bits per heavy atom. The highest BCUT2D eigenvalue weighted by molar-refractivity contribution is 9.10. The highest BCUT2D eigenvalue weighted by Gasteiger charge is 2.26. The van der Waals surface area contributed by atoms with Gasteiger partial charge in [-0.2, -0.15) is 0 Å². The molecule has 7 heteroatoms. The first-order chi connectivity index (χ1) is 14.3. The van der Waals surface area contributed by atoms with Gasteiger partial charge in [-0.15, -0.1) is 0 Å². The predicted molar refractivity (Wildman–Crippen MR) is 124 cm³/mol. The zero-order chi connectivity index (χ0) is 22.1. The third kappa shape index (κ3) is 7.33. The van der Waals surface area contributed by atoms with Gasteiger partial charge in [0.2, 0.25) is 5.91 Å². The van der Waals surface area contributed by atoms with E-state index in [0.717, 1.165) is 24.0 Å². The molecule has 0 heterocycles. The Morgan fingerprint density at radius 1 is 1.20 bits per heavy atom. The van der Waals surface area contributed by atoms with Crippen LogP contribution in [0.1, 0.15) is 37.8 Å². The van der Waals surface area contributed by atoms with E-state index in [4.69, 9.17) is 16.3 Å². The summed E-state index contributed by atoms with van der Waals surface area (Å²) in [6.45, 7) is 6.56. The van der Waals surface area contributed by atoms with Crippen LogP contribution in [0, 0.1) is 6.92 Å². The fourth-order valence-electron chi connectivity index (χ4n) is 2.82. The van der Waals surface area contributed by atoms with Crippen LogP contribution >= 0.6 is 27.5 Å². The number of benzene rings is 2. The average molecular weight is 496 g/mol. The second kappa shape index (κ2) is 12.0. The smallest absolute Gasteiger partial charge is 0.261 e. The minimum absolute atomic E-state index is 0.170. The van der Waals surface area contributed by atoms with E-state index < -0.39 is 6.04 Å². The molecule has 2 aromatic rings.